The highest BCUT2D eigenvalue weighted by molar-refractivity contribution is 5.66. The minimum Gasteiger partial charge on any atom is -0.465 e. The second-order valence-electron chi connectivity index (χ2n) is 4.21. The van der Waals surface area contributed by atoms with Crippen molar-refractivity contribution in [2.24, 2.45) is 5.73 Å². The zero-order chi connectivity index (χ0) is 16.0. The lowest BCUT2D eigenvalue weighted by atomic mass is 9.95. The van der Waals surface area contributed by atoms with Crippen molar-refractivity contribution in [2.75, 3.05) is 13.2 Å². The Labute approximate surface area is 118 Å². The van der Waals surface area contributed by atoms with Crippen LogP contribution in [0.5, 0.6) is 0 Å². The summed E-state index contributed by atoms with van der Waals surface area (Å²) in [5.74, 6) is -1.61. The molecule has 0 radical (unpaired) electrons. The first-order chi connectivity index (χ1) is 9.71. The number of esters is 1. The van der Waals surface area contributed by atoms with E-state index in [9.17, 15) is 22.8 Å². The molecule has 2 N–H and O–H groups in total. The van der Waals surface area contributed by atoms with Crippen LogP contribution in [0, 0.1) is 0 Å². The van der Waals surface area contributed by atoms with Gasteiger partial charge in [-0.25, -0.2) is 4.79 Å². The predicted molar refractivity (Wildman–Crippen MR) is 66.4 cm³/mol. The number of carbonyl (C=O) groups excluding carboxylic acids is 2. The van der Waals surface area contributed by atoms with E-state index in [2.05, 4.69) is 4.74 Å². The van der Waals surface area contributed by atoms with Crippen LogP contribution in [0.3, 0.4) is 0 Å². The maximum Gasteiger partial charge on any atom is 0.416 e. The number of rotatable bonds is 5. The predicted octanol–water partition coefficient (Wildman–Crippen LogP) is 2.45. The summed E-state index contributed by atoms with van der Waals surface area (Å²) in [7, 11) is 0. The van der Waals surface area contributed by atoms with E-state index in [0.717, 1.165) is 13.0 Å². The molecule has 0 saturated carbocycles. The maximum absolute atomic E-state index is 13.0. The second kappa shape index (κ2) is 6.96. The lowest BCUT2D eigenvalue weighted by molar-refractivity contribution is -0.142. The molecule has 1 aromatic rings. The van der Waals surface area contributed by atoms with Crippen LogP contribution in [-0.2, 0) is 20.4 Å². The Balaban J connectivity index is 3.06. The van der Waals surface area contributed by atoms with E-state index >= 15 is 0 Å². The Hall–Kier alpha value is -2.25. The van der Waals surface area contributed by atoms with Gasteiger partial charge in [0.15, 0.2) is 0 Å². The highest BCUT2D eigenvalue weighted by Gasteiger charge is 2.35. The van der Waals surface area contributed by atoms with Gasteiger partial charge in [0, 0.05) is 6.92 Å². The summed E-state index contributed by atoms with van der Waals surface area (Å²) in [5, 5.41) is 0. The summed E-state index contributed by atoms with van der Waals surface area (Å²) in [6.45, 7) is 0.354. The van der Waals surface area contributed by atoms with Gasteiger partial charge in [0.25, 0.3) is 0 Å². The zero-order valence-corrected chi connectivity index (χ0v) is 11.1. The van der Waals surface area contributed by atoms with Gasteiger partial charge >= 0.3 is 18.2 Å². The van der Waals surface area contributed by atoms with Gasteiger partial charge in [-0.15, -0.1) is 0 Å². The molecule has 1 rings (SSSR count). The molecule has 116 valence electrons. The molecule has 21 heavy (non-hydrogen) atoms. The van der Waals surface area contributed by atoms with Crippen molar-refractivity contribution in [1.82, 2.24) is 0 Å². The van der Waals surface area contributed by atoms with Crippen molar-refractivity contribution in [3.05, 3.63) is 35.4 Å². The molecule has 0 heterocycles. The molecule has 5 nitrogen and oxygen atoms in total. The average molecular weight is 305 g/mol. The monoisotopic (exact) mass is 305 g/mol. The Morgan fingerprint density at radius 2 is 1.76 bits per heavy atom. The third-order valence-electron chi connectivity index (χ3n) is 2.62. The summed E-state index contributed by atoms with van der Waals surface area (Å²) in [6, 6.07) is 4.79. The zero-order valence-electron chi connectivity index (χ0n) is 11.1. The maximum atomic E-state index is 13.0. The molecule has 0 aliphatic heterocycles. The number of hydrogen-bond acceptors (Lipinski definition) is 4. The lowest BCUT2D eigenvalue weighted by Gasteiger charge is -2.21. The molecule has 0 aromatic heterocycles. The molecule has 0 bridgehead atoms. The van der Waals surface area contributed by atoms with E-state index < -0.39 is 36.3 Å². The number of halogens is 3. The fourth-order valence-corrected chi connectivity index (χ4v) is 1.74. The summed E-state index contributed by atoms with van der Waals surface area (Å²) in [6.07, 6.45) is -5.69. The number of nitrogens with two attached hydrogens (primary N) is 1. The number of primary amides is 1. The van der Waals surface area contributed by atoms with Crippen molar-refractivity contribution < 1.29 is 32.2 Å². The smallest absolute Gasteiger partial charge is 0.416 e. The van der Waals surface area contributed by atoms with Gasteiger partial charge in [0.05, 0.1) is 11.5 Å². The molecule has 0 aliphatic rings. The molecule has 8 heteroatoms. The van der Waals surface area contributed by atoms with Gasteiger partial charge < -0.3 is 15.2 Å². The molecule has 1 amide bonds. The minimum absolute atomic E-state index is 0.132. The van der Waals surface area contributed by atoms with E-state index in [1.807, 2.05) is 0 Å². The van der Waals surface area contributed by atoms with Crippen molar-refractivity contribution in [2.45, 2.75) is 19.0 Å². The van der Waals surface area contributed by atoms with E-state index in [1.165, 1.54) is 18.2 Å². The van der Waals surface area contributed by atoms with E-state index in [0.29, 0.717) is 0 Å². The molecule has 0 aliphatic carbocycles. The number of amides is 1. The number of benzene rings is 1. The summed E-state index contributed by atoms with van der Waals surface area (Å²) in [5.41, 5.74) is 3.80. The Kier molecular flexibility index (Phi) is 5.57. The van der Waals surface area contributed by atoms with Gasteiger partial charge in [0.1, 0.15) is 13.2 Å². The van der Waals surface area contributed by atoms with Gasteiger partial charge in [-0.1, -0.05) is 18.2 Å². The van der Waals surface area contributed by atoms with Crippen molar-refractivity contribution in [1.29, 1.82) is 0 Å². The summed E-state index contributed by atoms with van der Waals surface area (Å²) >= 11 is 0. The molecular weight excluding hydrogens is 291 g/mol. The fraction of sp³-hybridized carbons (Fsp3) is 0.385. The van der Waals surface area contributed by atoms with Gasteiger partial charge in [-0.3, -0.25) is 4.79 Å². The third-order valence-corrected chi connectivity index (χ3v) is 2.62. The topological polar surface area (TPSA) is 78.6 Å². The van der Waals surface area contributed by atoms with Gasteiger partial charge in [-0.2, -0.15) is 13.2 Å². The van der Waals surface area contributed by atoms with E-state index in [4.69, 9.17) is 10.5 Å². The highest BCUT2D eigenvalue weighted by Crippen LogP contribution is 2.35. The number of alkyl halides is 3. The Morgan fingerprint density at radius 1 is 1.19 bits per heavy atom. The van der Waals surface area contributed by atoms with Crippen LogP contribution >= 0.6 is 0 Å². The molecular formula is C13H14F3NO4. The number of ether oxygens (including phenoxy) is 2. The number of carbonyl (C=O) groups is 2. The quantitative estimate of drug-likeness (QED) is 0.847. The van der Waals surface area contributed by atoms with Crippen molar-refractivity contribution in [3.63, 3.8) is 0 Å². The summed E-state index contributed by atoms with van der Waals surface area (Å²) in [4.78, 5) is 21.4. The first kappa shape index (κ1) is 16.8. The molecule has 1 aromatic carbocycles. The van der Waals surface area contributed by atoms with Crippen LogP contribution in [0.2, 0.25) is 0 Å². The Morgan fingerprint density at radius 3 is 2.29 bits per heavy atom. The van der Waals surface area contributed by atoms with Gasteiger partial charge in [-0.05, 0) is 11.6 Å². The minimum atomic E-state index is -4.57. The lowest BCUT2D eigenvalue weighted by Crippen LogP contribution is -2.23. The van der Waals surface area contributed by atoms with Crippen LogP contribution in [0.25, 0.3) is 0 Å². The van der Waals surface area contributed by atoms with Crippen LogP contribution < -0.4 is 5.73 Å². The van der Waals surface area contributed by atoms with Crippen LogP contribution in [-0.4, -0.2) is 25.3 Å². The molecule has 0 unspecified atom stereocenters. The fourth-order valence-electron chi connectivity index (χ4n) is 1.74. The second-order valence-corrected chi connectivity index (χ2v) is 4.21. The molecule has 0 fully saturated rings. The number of hydrogen-bond donors (Lipinski definition) is 1. The summed E-state index contributed by atoms with van der Waals surface area (Å²) < 4.78 is 48.2. The largest absolute Gasteiger partial charge is 0.465 e. The molecule has 0 spiro atoms. The van der Waals surface area contributed by atoms with E-state index in [1.54, 1.807) is 0 Å². The molecule has 0 saturated heterocycles. The van der Waals surface area contributed by atoms with Gasteiger partial charge in [0.2, 0.25) is 0 Å². The van der Waals surface area contributed by atoms with Crippen LogP contribution in [0.1, 0.15) is 24.0 Å². The normalized spacial score (nSPS) is 12.6. The van der Waals surface area contributed by atoms with Crippen LogP contribution in [0.4, 0.5) is 18.0 Å². The SMILES string of the molecule is CC(=O)OC[C@H](COC(N)=O)c1ccccc1C(F)(F)F. The third kappa shape index (κ3) is 5.33. The standard InChI is InChI=1S/C13H14F3NO4/c1-8(18)20-6-9(7-21-12(17)19)10-4-2-3-5-11(10)13(14,15)16/h2-5,9H,6-7H2,1H3,(H2,17,19)/t9-/m1/s1. The van der Waals surface area contributed by atoms with Crippen molar-refractivity contribution >= 4 is 12.1 Å². The highest BCUT2D eigenvalue weighted by atomic mass is 19.4. The molecule has 1 atom stereocenters. The Bertz CT molecular complexity index is 498. The van der Waals surface area contributed by atoms with Crippen LogP contribution in [0.15, 0.2) is 24.3 Å². The first-order valence-electron chi connectivity index (χ1n) is 5.93. The average Bonchev–Trinajstić information content (AvgIpc) is 2.37. The van der Waals surface area contributed by atoms with E-state index in [-0.39, 0.29) is 12.2 Å². The van der Waals surface area contributed by atoms with Crippen molar-refractivity contribution in [3.8, 4) is 0 Å². The first-order valence-corrected chi connectivity index (χ1v) is 5.93.